The Morgan fingerprint density at radius 2 is 1.93 bits per heavy atom. The van der Waals surface area contributed by atoms with E-state index in [2.05, 4.69) is 28.9 Å². The number of methoxy groups -OCH3 is 1. The molecule has 144 valence electrons. The molecule has 0 saturated carbocycles. The van der Waals surface area contributed by atoms with Crippen LogP contribution in [0.15, 0.2) is 42.5 Å². The van der Waals surface area contributed by atoms with E-state index in [0.717, 1.165) is 55.3 Å². The first kappa shape index (κ1) is 18.1. The Balaban J connectivity index is 1.35. The van der Waals surface area contributed by atoms with Crippen molar-refractivity contribution in [1.29, 1.82) is 0 Å². The monoisotopic (exact) mass is 368 g/mol. The number of β-amino-alcohol motifs (C(OH)–C–C–N with tert-alkyl or cyclic N) is 1. The van der Waals surface area contributed by atoms with Crippen LogP contribution in [0.25, 0.3) is 0 Å². The lowest BCUT2D eigenvalue weighted by Crippen LogP contribution is -2.47. The molecule has 0 bridgehead atoms. The summed E-state index contributed by atoms with van der Waals surface area (Å²) in [7, 11) is 1.72. The molecule has 1 saturated heterocycles. The van der Waals surface area contributed by atoms with Crippen molar-refractivity contribution in [3.63, 3.8) is 0 Å². The third kappa shape index (κ3) is 3.89. The molecule has 5 nitrogen and oxygen atoms in total. The highest BCUT2D eigenvalue weighted by molar-refractivity contribution is 5.58. The van der Waals surface area contributed by atoms with Crippen LogP contribution in [0.5, 0.6) is 11.5 Å². The minimum atomic E-state index is -0.469. The predicted molar refractivity (Wildman–Crippen MR) is 107 cm³/mol. The third-order valence-electron chi connectivity index (χ3n) is 5.53. The van der Waals surface area contributed by atoms with Gasteiger partial charge in [-0.3, -0.25) is 4.90 Å². The minimum absolute atomic E-state index is 0.232. The molecule has 2 aromatic carbocycles. The van der Waals surface area contributed by atoms with E-state index in [9.17, 15) is 5.11 Å². The number of rotatable bonds is 5. The van der Waals surface area contributed by atoms with Crippen molar-refractivity contribution in [3.8, 4) is 11.5 Å². The maximum absolute atomic E-state index is 10.7. The van der Waals surface area contributed by atoms with Gasteiger partial charge in [-0.15, -0.1) is 0 Å². The number of anilines is 1. The number of benzene rings is 2. The first-order valence-electron chi connectivity index (χ1n) is 9.72. The lowest BCUT2D eigenvalue weighted by Gasteiger charge is -2.37. The molecule has 0 spiro atoms. The molecule has 0 unspecified atom stereocenters. The van der Waals surface area contributed by atoms with Gasteiger partial charge in [0.05, 0.1) is 18.9 Å². The molecule has 2 atom stereocenters. The van der Waals surface area contributed by atoms with Crippen LogP contribution in [0, 0.1) is 0 Å². The Morgan fingerprint density at radius 3 is 2.70 bits per heavy atom. The highest BCUT2D eigenvalue weighted by Gasteiger charge is 2.24. The van der Waals surface area contributed by atoms with Gasteiger partial charge in [0.25, 0.3) is 0 Å². The van der Waals surface area contributed by atoms with E-state index >= 15 is 0 Å². The molecule has 2 aliphatic heterocycles. The molecule has 1 fully saturated rings. The number of para-hydroxylation sites is 2. The molecule has 2 heterocycles. The van der Waals surface area contributed by atoms with E-state index < -0.39 is 6.10 Å². The molecular weight excluding hydrogens is 340 g/mol. The Morgan fingerprint density at radius 1 is 1.15 bits per heavy atom. The molecule has 0 radical (unpaired) electrons. The lowest BCUT2D eigenvalue weighted by molar-refractivity contribution is 0.109. The first-order valence-corrected chi connectivity index (χ1v) is 9.72. The summed E-state index contributed by atoms with van der Waals surface area (Å²) in [6.45, 7) is 6.47. The van der Waals surface area contributed by atoms with Crippen LogP contribution < -0.4 is 14.4 Å². The fraction of sp³-hybridized carbons (Fsp3) is 0.455. The normalized spacial score (nSPS) is 20.9. The van der Waals surface area contributed by atoms with Gasteiger partial charge >= 0.3 is 0 Å². The highest BCUT2D eigenvalue weighted by Crippen LogP contribution is 2.32. The summed E-state index contributed by atoms with van der Waals surface area (Å²) in [6, 6.07) is 14.3. The molecule has 4 rings (SSSR count). The Labute approximate surface area is 161 Å². The van der Waals surface area contributed by atoms with Gasteiger partial charge in [-0.05, 0) is 42.3 Å². The predicted octanol–water partition coefficient (Wildman–Crippen LogP) is 2.87. The van der Waals surface area contributed by atoms with Crippen LogP contribution in [-0.4, -0.2) is 55.9 Å². The number of hydrogen-bond acceptors (Lipinski definition) is 5. The van der Waals surface area contributed by atoms with Crippen molar-refractivity contribution in [2.75, 3.05) is 44.7 Å². The van der Waals surface area contributed by atoms with Crippen LogP contribution in [0.4, 0.5) is 5.69 Å². The van der Waals surface area contributed by atoms with Crippen LogP contribution in [-0.2, 0) is 6.42 Å². The summed E-state index contributed by atoms with van der Waals surface area (Å²) in [5, 5.41) is 10.7. The van der Waals surface area contributed by atoms with Gasteiger partial charge in [-0.2, -0.15) is 0 Å². The average Bonchev–Trinajstić information content (AvgIpc) is 3.07. The van der Waals surface area contributed by atoms with Gasteiger partial charge in [0.15, 0.2) is 0 Å². The topological polar surface area (TPSA) is 45.2 Å². The van der Waals surface area contributed by atoms with E-state index in [1.807, 2.05) is 30.3 Å². The van der Waals surface area contributed by atoms with Gasteiger partial charge in [-0.1, -0.05) is 18.2 Å². The van der Waals surface area contributed by atoms with Gasteiger partial charge in [-0.25, -0.2) is 0 Å². The van der Waals surface area contributed by atoms with E-state index in [1.165, 1.54) is 5.56 Å². The van der Waals surface area contributed by atoms with Crippen molar-refractivity contribution in [2.24, 2.45) is 0 Å². The number of nitrogens with zero attached hydrogens (tertiary/aromatic N) is 2. The fourth-order valence-corrected chi connectivity index (χ4v) is 4.06. The van der Waals surface area contributed by atoms with E-state index in [4.69, 9.17) is 9.47 Å². The second kappa shape index (κ2) is 7.79. The number of aliphatic hydroxyl groups excluding tert-OH is 1. The molecule has 0 amide bonds. The zero-order valence-corrected chi connectivity index (χ0v) is 16.1. The minimum Gasteiger partial charge on any atom is -0.495 e. The Bertz CT molecular complexity index is 787. The zero-order chi connectivity index (χ0) is 18.8. The number of aliphatic hydroxyl groups is 1. The summed E-state index contributed by atoms with van der Waals surface area (Å²) < 4.78 is 11.2. The summed E-state index contributed by atoms with van der Waals surface area (Å²) >= 11 is 0. The Hall–Kier alpha value is -2.24. The van der Waals surface area contributed by atoms with E-state index in [0.29, 0.717) is 6.54 Å². The van der Waals surface area contributed by atoms with Gasteiger partial charge in [0, 0.05) is 39.1 Å². The molecule has 1 N–H and O–H groups in total. The lowest BCUT2D eigenvalue weighted by atomic mass is 10.0. The molecule has 2 aromatic rings. The van der Waals surface area contributed by atoms with Crippen LogP contribution in [0.2, 0.25) is 0 Å². The number of fused-ring (bicyclic) bond motifs is 1. The van der Waals surface area contributed by atoms with Crippen LogP contribution in [0.1, 0.15) is 24.2 Å². The molecule has 5 heteroatoms. The smallest absolute Gasteiger partial charge is 0.142 e. The van der Waals surface area contributed by atoms with Crippen LogP contribution >= 0.6 is 0 Å². The second-order valence-electron chi connectivity index (χ2n) is 7.48. The zero-order valence-electron chi connectivity index (χ0n) is 16.1. The quantitative estimate of drug-likeness (QED) is 0.879. The van der Waals surface area contributed by atoms with Crippen LogP contribution in [0.3, 0.4) is 0 Å². The number of hydrogen-bond donors (Lipinski definition) is 1. The van der Waals surface area contributed by atoms with Crippen molar-refractivity contribution in [1.82, 2.24) is 4.90 Å². The molecule has 2 aliphatic rings. The number of piperazine rings is 1. The summed E-state index contributed by atoms with van der Waals surface area (Å²) in [5.41, 5.74) is 3.34. The van der Waals surface area contributed by atoms with E-state index in [1.54, 1.807) is 7.11 Å². The Kier molecular flexibility index (Phi) is 5.23. The highest BCUT2D eigenvalue weighted by atomic mass is 16.5. The van der Waals surface area contributed by atoms with Crippen molar-refractivity contribution >= 4 is 5.69 Å². The largest absolute Gasteiger partial charge is 0.495 e. The molecule has 27 heavy (non-hydrogen) atoms. The second-order valence-corrected chi connectivity index (χ2v) is 7.48. The van der Waals surface area contributed by atoms with Crippen molar-refractivity contribution < 1.29 is 14.6 Å². The molecule has 0 aliphatic carbocycles. The van der Waals surface area contributed by atoms with Gasteiger partial charge in [0.2, 0.25) is 0 Å². The van der Waals surface area contributed by atoms with Crippen molar-refractivity contribution in [3.05, 3.63) is 53.6 Å². The standard InChI is InChI=1S/C22H28N2O3/c1-16-13-18-14-17(7-8-21(18)27-16)20(25)15-23-9-11-24(12-10-23)19-5-3-4-6-22(19)26-2/h3-8,14,16,20,25H,9-13,15H2,1-2H3/t16-,20+/m1/s1. The fourth-order valence-electron chi connectivity index (χ4n) is 4.06. The maximum atomic E-state index is 10.7. The molecule has 0 aromatic heterocycles. The van der Waals surface area contributed by atoms with Gasteiger partial charge < -0.3 is 19.5 Å². The van der Waals surface area contributed by atoms with Crippen molar-refractivity contribution in [2.45, 2.75) is 25.6 Å². The molecular formula is C22H28N2O3. The SMILES string of the molecule is COc1ccccc1N1CCN(C[C@H](O)c2ccc3c(c2)C[C@@H](C)O3)CC1. The number of ether oxygens (including phenoxy) is 2. The summed E-state index contributed by atoms with van der Waals surface area (Å²) in [4.78, 5) is 4.69. The van der Waals surface area contributed by atoms with Gasteiger partial charge in [0.1, 0.15) is 17.6 Å². The average molecular weight is 368 g/mol. The summed E-state index contributed by atoms with van der Waals surface area (Å²) in [6.07, 6.45) is 0.687. The van der Waals surface area contributed by atoms with E-state index in [-0.39, 0.29) is 6.10 Å². The first-order chi connectivity index (χ1) is 13.1. The maximum Gasteiger partial charge on any atom is 0.142 e. The third-order valence-corrected chi connectivity index (χ3v) is 5.53. The summed E-state index contributed by atoms with van der Waals surface area (Å²) in [5.74, 6) is 1.88.